The number of halogens is 3. The number of rotatable bonds is 5. The molecule has 6 heteroatoms. The van der Waals surface area contributed by atoms with Gasteiger partial charge in [-0.15, -0.1) is 0 Å². The van der Waals surface area contributed by atoms with Crippen molar-refractivity contribution in [2.24, 2.45) is 5.41 Å². The SMILES string of the molecule is CC(C)(CO)[C@H](c1ccc(-c2ccc(C(F)(F)F)cc2)cc1)N1CCNCC1. The molecule has 0 aliphatic carbocycles. The number of hydrogen-bond donors (Lipinski definition) is 2. The van der Waals surface area contributed by atoms with E-state index in [4.69, 9.17) is 0 Å². The van der Waals surface area contributed by atoms with Gasteiger partial charge < -0.3 is 10.4 Å². The van der Waals surface area contributed by atoms with Gasteiger partial charge in [-0.3, -0.25) is 4.90 Å². The molecule has 1 fully saturated rings. The molecule has 3 rings (SSSR count). The van der Waals surface area contributed by atoms with Crippen LogP contribution in [0, 0.1) is 5.41 Å². The average molecular weight is 392 g/mol. The Kier molecular flexibility index (Phi) is 6.12. The summed E-state index contributed by atoms with van der Waals surface area (Å²) in [4.78, 5) is 2.39. The van der Waals surface area contributed by atoms with Gasteiger partial charge in [0.1, 0.15) is 0 Å². The zero-order valence-corrected chi connectivity index (χ0v) is 16.3. The van der Waals surface area contributed by atoms with Crippen molar-refractivity contribution in [1.82, 2.24) is 10.2 Å². The summed E-state index contributed by atoms with van der Waals surface area (Å²) in [6, 6.07) is 13.2. The normalized spacial score (nSPS) is 17.5. The summed E-state index contributed by atoms with van der Waals surface area (Å²) < 4.78 is 38.3. The van der Waals surface area contributed by atoms with Crippen LogP contribution in [0.2, 0.25) is 0 Å². The van der Waals surface area contributed by atoms with E-state index in [0.29, 0.717) is 0 Å². The van der Waals surface area contributed by atoms with Crippen LogP contribution in [0.15, 0.2) is 48.5 Å². The maximum absolute atomic E-state index is 12.8. The Labute approximate surface area is 164 Å². The first-order chi connectivity index (χ1) is 13.2. The van der Waals surface area contributed by atoms with Crippen molar-refractivity contribution in [3.05, 3.63) is 59.7 Å². The summed E-state index contributed by atoms with van der Waals surface area (Å²) in [7, 11) is 0. The Hall–Kier alpha value is -1.89. The molecule has 0 aromatic heterocycles. The molecule has 0 amide bonds. The minimum Gasteiger partial charge on any atom is -0.396 e. The average Bonchev–Trinajstić information content (AvgIpc) is 2.69. The van der Waals surface area contributed by atoms with Crippen LogP contribution in [0.3, 0.4) is 0 Å². The van der Waals surface area contributed by atoms with Crippen LogP contribution >= 0.6 is 0 Å². The van der Waals surface area contributed by atoms with Gasteiger partial charge in [0.05, 0.1) is 5.56 Å². The fraction of sp³-hybridized carbons (Fsp3) is 0.455. The molecule has 3 nitrogen and oxygen atoms in total. The number of alkyl halides is 3. The molecular formula is C22H27F3N2O. The highest BCUT2D eigenvalue weighted by atomic mass is 19.4. The number of nitrogens with zero attached hydrogens (tertiary/aromatic N) is 1. The molecule has 1 atom stereocenters. The highest BCUT2D eigenvalue weighted by Gasteiger charge is 2.35. The van der Waals surface area contributed by atoms with Crippen molar-refractivity contribution in [3.63, 3.8) is 0 Å². The lowest BCUT2D eigenvalue weighted by atomic mass is 9.79. The molecule has 152 valence electrons. The van der Waals surface area contributed by atoms with Crippen molar-refractivity contribution in [2.75, 3.05) is 32.8 Å². The molecule has 0 unspecified atom stereocenters. The number of aliphatic hydroxyl groups excluding tert-OH is 1. The van der Waals surface area contributed by atoms with Gasteiger partial charge in [-0.05, 0) is 28.8 Å². The molecule has 0 radical (unpaired) electrons. The van der Waals surface area contributed by atoms with E-state index < -0.39 is 11.7 Å². The fourth-order valence-corrected chi connectivity index (χ4v) is 3.89. The van der Waals surface area contributed by atoms with E-state index in [2.05, 4.69) is 24.1 Å². The summed E-state index contributed by atoms with van der Waals surface area (Å²) in [5.41, 5.74) is 1.78. The van der Waals surface area contributed by atoms with Crippen molar-refractivity contribution >= 4 is 0 Å². The third-order valence-corrected chi connectivity index (χ3v) is 5.44. The van der Waals surface area contributed by atoms with Gasteiger partial charge in [0, 0.05) is 44.2 Å². The van der Waals surface area contributed by atoms with Gasteiger partial charge in [-0.25, -0.2) is 0 Å². The third-order valence-electron chi connectivity index (χ3n) is 5.44. The van der Waals surface area contributed by atoms with E-state index in [0.717, 1.165) is 55.0 Å². The molecule has 0 bridgehead atoms. The van der Waals surface area contributed by atoms with Gasteiger partial charge >= 0.3 is 6.18 Å². The van der Waals surface area contributed by atoms with E-state index in [1.165, 1.54) is 12.1 Å². The van der Waals surface area contributed by atoms with E-state index in [1.807, 2.05) is 24.3 Å². The van der Waals surface area contributed by atoms with Crippen LogP contribution in [-0.2, 0) is 6.18 Å². The fourth-order valence-electron chi connectivity index (χ4n) is 3.89. The van der Waals surface area contributed by atoms with Crippen molar-refractivity contribution in [3.8, 4) is 11.1 Å². The van der Waals surface area contributed by atoms with Gasteiger partial charge in [0.2, 0.25) is 0 Å². The Morgan fingerprint density at radius 2 is 1.43 bits per heavy atom. The minimum atomic E-state index is -4.32. The molecule has 2 N–H and O–H groups in total. The lowest BCUT2D eigenvalue weighted by molar-refractivity contribution is -0.137. The van der Waals surface area contributed by atoms with E-state index >= 15 is 0 Å². The van der Waals surface area contributed by atoms with Crippen molar-refractivity contribution < 1.29 is 18.3 Å². The lowest BCUT2D eigenvalue weighted by Crippen LogP contribution is -2.49. The minimum absolute atomic E-state index is 0.0706. The first-order valence-electron chi connectivity index (χ1n) is 9.55. The first-order valence-corrected chi connectivity index (χ1v) is 9.55. The molecule has 2 aromatic rings. The van der Waals surface area contributed by atoms with Crippen LogP contribution < -0.4 is 5.32 Å². The smallest absolute Gasteiger partial charge is 0.396 e. The summed E-state index contributed by atoms with van der Waals surface area (Å²) in [6.07, 6.45) is -4.32. The van der Waals surface area contributed by atoms with Crippen LogP contribution in [0.1, 0.15) is 31.0 Å². The maximum atomic E-state index is 12.8. The van der Waals surface area contributed by atoms with E-state index in [-0.39, 0.29) is 18.1 Å². The monoisotopic (exact) mass is 392 g/mol. The molecular weight excluding hydrogens is 365 g/mol. The topological polar surface area (TPSA) is 35.5 Å². The molecule has 0 spiro atoms. The van der Waals surface area contributed by atoms with Gasteiger partial charge in [-0.1, -0.05) is 50.2 Å². The summed E-state index contributed by atoms with van der Waals surface area (Å²) in [5.74, 6) is 0. The maximum Gasteiger partial charge on any atom is 0.416 e. The zero-order valence-electron chi connectivity index (χ0n) is 16.3. The van der Waals surface area contributed by atoms with Gasteiger partial charge in [0.15, 0.2) is 0 Å². The lowest BCUT2D eigenvalue weighted by Gasteiger charge is -2.43. The van der Waals surface area contributed by atoms with Crippen LogP contribution in [0.4, 0.5) is 13.2 Å². The first kappa shape index (κ1) is 20.8. The predicted octanol–water partition coefficient (Wildman–Crippen LogP) is 4.34. The molecule has 1 aliphatic heterocycles. The van der Waals surface area contributed by atoms with Crippen LogP contribution in [0.5, 0.6) is 0 Å². The number of nitrogens with one attached hydrogen (secondary N) is 1. The van der Waals surface area contributed by atoms with Gasteiger partial charge in [-0.2, -0.15) is 13.2 Å². The summed E-state index contributed by atoms with van der Waals surface area (Å²) in [5, 5.41) is 13.3. The second-order valence-corrected chi connectivity index (χ2v) is 8.03. The number of piperazine rings is 1. The molecule has 1 heterocycles. The summed E-state index contributed by atoms with van der Waals surface area (Å²) >= 11 is 0. The second kappa shape index (κ2) is 8.23. The van der Waals surface area contributed by atoms with Gasteiger partial charge in [0.25, 0.3) is 0 Å². The highest BCUT2D eigenvalue weighted by Crippen LogP contribution is 2.39. The largest absolute Gasteiger partial charge is 0.416 e. The second-order valence-electron chi connectivity index (χ2n) is 8.03. The number of hydrogen-bond acceptors (Lipinski definition) is 3. The Bertz CT molecular complexity index is 764. The standard InChI is InChI=1S/C22H27F3N2O/c1-21(2,15-28)20(27-13-11-26-12-14-27)18-5-3-16(4-6-18)17-7-9-19(10-8-17)22(23,24)25/h3-10,20,26,28H,11-15H2,1-2H3/t20-/m0/s1. The third kappa shape index (κ3) is 4.57. The van der Waals surface area contributed by atoms with Crippen molar-refractivity contribution in [2.45, 2.75) is 26.1 Å². The van der Waals surface area contributed by atoms with Crippen LogP contribution in [-0.4, -0.2) is 42.8 Å². The van der Waals surface area contributed by atoms with E-state index in [9.17, 15) is 18.3 Å². The Morgan fingerprint density at radius 1 is 0.929 bits per heavy atom. The Morgan fingerprint density at radius 3 is 1.89 bits per heavy atom. The van der Waals surface area contributed by atoms with Crippen LogP contribution in [0.25, 0.3) is 11.1 Å². The molecule has 1 aliphatic rings. The quantitative estimate of drug-likeness (QED) is 0.795. The molecule has 2 aromatic carbocycles. The molecule has 0 saturated carbocycles. The zero-order chi connectivity index (χ0) is 20.4. The van der Waals surface area contributed by atoms with Crippen molar-refractivity contribution in [1.29, 1.82) is 0 Å². The molecule has 28 heavy (non-hydrogen) atoms. The molecule has 1 saturated heterocycles. The van der Waals surface area contributed by atoms with E-state index in [1.54, 1.807) is 0 Å². The number of benzene rings is 2. The predicted molar refractivity (Wildman–Crippen MR) is 105 cm³/mol. The number of aliphatic hydroxyl groups is 1. The Balaban J connectivity index is 1.86. The summed E-state index contributed by atoms with van der Waals surface area (Å²) in [6.45, 7) is 7.85. The highest BCUT2D eigenvalue weighted by molar-refractivity contribution is 5.64.